The minimum atomic E-state index is -0.463. The van der Waals surface area contributed by atoms with Crippen LogP contribution in [0.5, 0.6) is 5.75 Å². The molecule has 0 radical (unpaired) electrons. The lowest BCUT2D eigenvalue weighted by Crippen LogP contribution is -2.11. The third-order valence-corrected chi connectivity index (χ3v) is 3.62. The van der Waals surface area contributed by atoms with Crippen LogP contribution in [-0.2, 0) is 16.8 Å². The highest BCUT2D eigenvalue weighted by atomic mass is 16.5. The zero-order valence-corrected chi connectivity index (χ0v) is 14.1. The van der Waals surface area contributed by atoms with E-state index in [1.807, 2.05) is 12.1 Å². The summed E-state index contributed by atoms with van der Waals surface area (Å²) in [5.74, 6) is 0.00123. The van der Waals surface area contributed by atoms with Gasteiger partial charge in [-0.25, -0.2) is 4.79 Å². The van der Waals surface area contributed by atoms with Gasteiger partial charge in [-0.3, -0.25) is 0 Å². The molecule has 122 valence electrons. The third kappa shape index (κ3) is 4.25. The number of carbonyl (C=O) groups is 1. The van der Waals surface area contributed by atoms with Gasteiger partial charge in [0.25, 0.3) is 0 Å². The summed E-state index contributed by atoms with van der Waals surface area (Å²) < 4.78 is 10.5. The van der Waals surface area contributed by atoms with Crippen LogP contribution in [0.4, 0.5) is 5.69 Å². The molecule has 0 amide bonds. The summed E-state index contributed by atoms with van der Waals surface area (Å²) in [6, 6.07) is 13.2. The average molecular weight is 313 g/mol. The zero-order chi connectivity index (χ0) is 17.0. The fourth-order valence-electron chi connectivity index (χ4n) is 2.20. The molecule has 2 N–H and O–H groups in total. The monoisotopic (exact) mass is 313 g/mol. The lowest BCUT2D eigenvalue weighted by molar-refractivity contribution is 0.0595. The van der Waals surface area contributed by atoms with E-state index in [0.717, 1.165) is 5.56 Å². The molecule has 0 heterocycles. The maximum Gasteiger partial charge on any atom is 0.341 e. The van der Waals surface area contributed by atoms with Crippen LogP contribution in [0.1, 0.15) is 42.3 Å². The van der Waals surface area contributed by atoms with Crippen LogP contribution in [-0.4, -0.2) is 13.1 Å². The molecule has 0 unspecified atom stereocenters. The fraction of sp³-hybridized carbons (Fsp3) is 0.316. The predicted molar refractivity (Wildman–Crippen MR) is 91.7 cm³/mol. The van der Waals surface area contributed by atoms with Crippen LogP contribution < -0.4 is 10.5 Å². The molecule has 23 heavy (non-hydrogen) atoms. The van der Waals surface area contributed by atoms with Gasteiger partial charge in [-0.05, 0) is 34.7 Å². The van der Waals surface area contributed by atoms with Crippen molar-refractivity contribution in [1.82, 2.24) is 0 Å². The number of benzene rings is 2. The summed E-state index contributed by atoms with van der Waals surface area (Å²) in [4.78, 5) is 11.8. The van der Waals surface area contributed by atoms with Crippen molar-refractivity contribution in [3.05, 3.63) is 59.2 Å². The molecule has 0 atom stereocenters. The van der Waals surface area contributed by atoms with Crippen molar-refractivity contribution >= 4 is 11.7 Å². The summed E-state index contributed by atoms with van der Waals surface area (Å²) >= 11 is 0. The number of hydrogen-bond donors (Lipinski definition) is 1. The number of carbonyl (C=O) groups excluding carboxylic acids is 1. The molecule has 4 heteroatoms. The molecule has 4 nitrogen and oxygen atoms in total. The van der Waals surface area contributed by atoms with Crippen molar-refractivity contribution in [2.75, 3.05) is 12.8 Å². The van der Waals surface area contributed by atoms with Gasteiger partial charge in [-0.15, -0.1) is 0 Å². The van der Waals surface area contributed by atoms with Crippen LogP contribution in [0.25, 0.3) is 0 Å². The SMILES string of the molecule is COC(=O)c1cc(N)ccc1OCc1ccc(C(C)(C)C)cc1. The van der Waals surface area contributed by atoms with Gasteiger partial charge in [0.05, 0.1) is 7.11 Å². The summed E-state index contributed by atoms with van der Waals surface area (Å²) in [6.07, 6.45) is 0. The molecule has 0 spiro atoms. The maximum atomic E-state index is 11.8. The van der Waals surface area contributed by atoms with E-state index in [-0.39, 0.29) is 5.41 Å². The van der Waals surface area contributed by atoms with Gasteiger partial charge in [0.2, 0.25) is 0 Å². The van der Waals surface area contributed by atoms with Gasteiger partial charge in [0.15, 0.2) is 0 Å². The molecule has 0 aliphatic heterocycles. The number of methoxy groups -OCH3 is 1. The van der Waals surface area contributed by atoms with E-state index in [4.69, 9.17) is 15.2 Å². The topological polar surface area (TPSA) is 61.5 Å². The van der Waals surface area contributed by atoms with E-state index < -0.39 is 5.97 Å². The molecule has 0 fully saturated rings. The van der Waals surface area contributed by atoms with Crippen LogP contribution in [0, 0.1) is 0 Å². The molecule has 0 bridgehead atoms. The Balaban J connectivity index is 2.13. The Morgan fingerprint density at radius 3 is 2.30 bits per heavy atom. The highest BCUT2D eigenvalue weighted by Gasteiger charge is 2.15. The lowest BCUT2D eigenvalue weighted by atomic mass is 9.87. The van der Waals surface area contributed by atoms with Crippen LogP contribution >= 0.6 is 0 Å². The largest absolute Gasteiger partial charge is 0.488 e. The number of anilines is 1. The lowest BCUT2D eigenvalue weighted by Gasteiger charge is -2.19. The number of nitrogen functional groups attached to an aromatic ring is 1. The predicted octanol–water partition coefficient (Wildman–Crippen LogP) is 3.93. The Hall–Kier alpha value is -2.49. The van der Waals surface area contributed by atoms with Crippen molar-refractivity contribution in [2.24, 2.45) is 0 Å². The van der Waals surface area contributed by atoms with Gasteiger partial charge in [-0.1, -0.05) is 45.0 Å². The first-order chi connectivity index (χ1) is 10.8. The number of ether oxygens (including phenoxy) is 2. The van der Waals surface area contributed by atoms with E-state index in [2.05, 4.69) is 32.9 Å². The average Bonchev–Trinajstić information content (AvgIpc) is 2.52. The summed E-state index contributed by atoms with van der Waals surface area (Å²) in [5.41, 5.74) is 8.97. The molecule has 2 aromatic rings. The number of rotatable bonds is 4. The van der Waals surface area contributed by atoms with E-state index in [0.29, 0.717) is 23.6 Å². The molecule has 0 saturated carbocycles. The normalized spacial score (nSPS) is 11.1. The summed E-state index contributed by atoms with van der Waals surface area (Å²) in [5, 5.41) is 0. The smallest absolute Gasteiger partial charge is 0.341 e. The molecular formula is C19H23NO3. The Labute approximate surface area is 137 Å². The molecule has 2 rings (SSSR count). The van der Waals surface area contributed by atoms with Crippen LogP contribution in [0.15, 0.2) is 42.5 Å². The third-order valence-electron chi connectivity index (χ3n) is 3.62. The van der Waals surface area contributed by atoms with Crippen molar-refractivity contribution in [3.63, 3.8) is 0 Å². The molecule has 0 saturated heterocycles. The van der Waals surface area contributed by atoms with E-state index in [9.17, 15) is 4.79 Å². The fourth-order valence-corrected chi connectivity index (χ4v) is 2.20. The first-order valence-electron chi connectivity index (χ1n) is 7.51. The van der Waals surface area contributed by atoms with E-state index in [1.165, 1.54) is 12.7 Å². The Morgan fingerprint density at radius 2 is 1.74 bits per heavy atom. The van der Waals surface area contributed by atoms with Crippen LogP contribution in [0.3, 0.4) is 0 Å². The first-order valence-corrected chi connectivity index (χ1v) is 7.51. The first kappa shape index (κ1) is 16.9. The van der Waals surface area contributed by atoms with Crippen molar-refractivity contribution in [3.8, 4) is 5.75 Å². The minimum absolute atomic E-state index is 0.119. The molecule has 0 aromatic heterocycles. The summed E-state index contributed by atoms with van der Waals surface area (Å²) in [7, 11) is 1.33. The van der Waals surface area contributed by atoms with Crippen molar-refractivity contribution < 1.29 is 14.3 Å². The second-order valence-corrected chi connectivity index (χ2v) is 6.48. The summed E-state index contributed by atoms with van der Waals surface area (Å²) in [6.45, 7) is 6.90. The Kier molecular flexibility index (Phi) is 4.94. The number of nitrogens with two attached hydrogens (primary N) is 1. The molecule has 2 aromatic carbocycles. The van der Waals surface area contributed by atoms with E-state index >= 15 is 0 Å². The van der Waals surface area contributed by atoms with Crippen molar-refractivity contribution in [1.29, 1.82) is 0 Å². The molecule has 0 aliphatic carbocycles. The zero-order valence-electron chi connectivity index (χ0n) is 14.1. The minimum Gasteiger partial charge on any atom is -0.488 e. The highest BCUT2D eigenvalue weighted by molar-refractivity contribution is 5.93. The van der Waals surface area contributed by atoms with Crippen molar-refractivity contribution in [2.45, 2.75) is 32.8 Å². The quantitative estimate of drug-likeness (QED) is 0.686. The molecule has 0 aliphatic rings. The maximum absolute atomic E-state index is 11.8. The van der Waals surface area contributed by atoms with Gasteiger partial charge < -0.3 is 15.2 Å². The van der Waals surface area contributed by atoms with Crippen LogP contribution in [0.2, 0.25) is 0 Å². The Bertz CT molecular complexity index is 685. The number of hydrogen-bond acceptors (Lipinski definition) is 4. The Morgan fingerprint density at radius 1 is 1.09 bits per heavy atom. The van der Waals surface area contributed by atoms with Gasteiger partial charge in [0.1, 0.15) is 17.9 Å². The number of esters is 1. The highest BCUT2D eigenvalue weighted by Crippen LogP contribution is 2.25. The van der Waals surface area contributed by atoms with Gasteiger partial charge in [-0.2, -0.15) is 0 Å². The van der Waals surface area contributed by atoms with Gasteiger partial charge >= 0.3 is 5.97 Å². The molecular weight excluding hydrogens is 290 g/mol. The van der Waals surface area contributed by atoms with Gasteiger partial charge in [0, 0.05) is 5.69 Å². The standard InChI is InChI=1S/C19H23NO3/c1-19(2,3)14-7-5-13(6-8-14)12-23-17-10-9-15(20)11-16(17)18(21)22-4/h5-11H,12,20H2,1-4H3. The second kappa shape index (κ2) is 6.73. The van der Waals surface area contributed by atoms with E-state index in [1.54, 1.807) is 18.2 Å². The second-order valence-electron chi connectivity index (χ2n) is 6.48.